The van der Waals surface area contributed by atoms with Gasteiger partial charge in [-0.15, -0.1) is 0 Å². The molecule has 1 amide bonds. The molecule has 6 heteroatoms. The predicted molar refractivity (Wildman–Crippen MR) is 74.4 cm³/mol. The normalized spacial score (nSPS) is 12.2. The number of nitrogens with one attached hydrogen (secondary N) is 1. The number of ether oxygens (including phenoxy) is 2. The van der Waals surface area contributed by atoms with Crippen LogP contribution in [0.25, 0.3) is 0 Å². The van der Waals surface area contributed by atoms with Gasteiger partial charge in [0.1, 0.15) is 11.6 Å². The zero-order chi connectivity index (χ0) is 15.4. The van der Waals surface area contributed by atoms with Gasteiger partial charge < -0.3 is 14.8 Å². The van der Waals surface area contributed by atoms with Crippen LogP contribution in [0.1, 0.15) is 33.6 Å². The molecular formula is C14H25NO5. The van der Waals surface area contributed by atoms with Crippen molar-refractivity contribution in [2.45, 2.75) is 39.7 Å². The lowest BCUT2D eigenvalue weighted by Crippen LogP contribution is -2.37. The SMILES string of the molecule is CC(=O)CCOCC(COCCC(=O)C(C)C)NC=O. The van der Waals surface area contributed by atoms with Crippen LogP contribution in [-0.4, -0.2) is 50.4 Å². The monoisotopic (exact) mass is 287 g/mol. The van der Waals surface area contributed by atoms with Crippen LogP contribution in [-0.2, 0) is 23.9 Å². The summed E-state index contributed by atoms with van der Waals surface area (Å²) in [6.45, 7) is 6.43. The third-order valence-corrected chi connectivity index (χ3v) is 2.68. The predicted octanol–water partition coefficient (Wildman–Crippen LogP) is 0.729. The lowest BCUT2D eigenvalue weighted by molar-refractivity contribution is -0.123. The second-order valence-corrected chi connectivity index (χ2v) is 4.95. The van der Waals surface area contributed by atoms with E-state index < -0.39 is 0 Å². The summed E-state index contributed by atoms with van der Waals surface area (Å²) in [5, 5.41) is 2.58. The number of carbonyl (C=O) groups is 3. The number of amides is 1. The molecular weight excluding hydrogens is 262 g/mol. The zero-order valence-corrected chi connectivity index (χ0v) is 12.5. The van der Waals surface area contributed by atoms with E-state index in [0.717, 1.165) is 0 Å². The molecule has 0 aliphatic heterocycles. The summed E-state index contributed by atoms with van der Waals surface area (Å²) >= 11 is 0. The molecule has 0 aromatic carbocycles. The van der Waals surface area contributed by atoms with Gasteiger partial charge in [0, 0.05) is 18.8 Å². The highest BCUT2D eigenvalue weighted by molar-refractivity contribution is 5.80. The first-order valence-corrected chi connectivity index (χ1v) is 6.84. The van der Waals surface area contributed by atoms with Crippen molar-refractivity contribution in [1.82, 2.24) is 5.32 Å². The van der Waals surface area contributed by atoms with Gasteiger partial charge in [0.05, 0.1) is 32.5 Å². The maximum absolute atomic E-state index is 11.4. The highest BCUT2D eigenvalue weighted by Gasteiger charge is 2.10. The van der Waals surface area contributed by atoms with E-state index in [-0.39, 0.29) is 36.7 Å². The fraction of sp³-hybridized carbons (Fsp3) is 0.786. The number of rotatable bonds is 13. The van der Waals surface area contributed by atoms with Crippen molar-refractivity contribution in [3.05, 3.63) is 0 Å². The van der Waals surface area contributed by atoms with E-state index >= 15 is 0 Å². The van der Waals surface area contributed by atoms with Crippen molar-refractivity contribution in [1.29, 1.82) is 0 Å². The first kappa shape index (κ1) is 18.7. The average molecular weight is 287 g/mol. The molecule has 0 saturated heterocycles. The Bertz CT molecular complexity index is 304. The van der Waals surface area contributed by atoms with Crippen LogP contribution in [0.3, 0.4) is 0 Å². The van der Waals surface area contributed by atoms with Gasteiger partial charge in [0.15, 0.2) is 0 Å². The molecule has 0 spiro atoms. The Kier molecular flexibility index (Phi) is 10.8. The summed E-state index contributed by atoms with van der Waals surface area (Å²) < 4.78 is 10.6. The summed E-state index contributed by atoms with van der Waals surface area (Å²) in [6, 6.07) is -0.270. The standard InChI is InChI=1S/C14H25NO5/c1-11(2)14(18)5-7-20-9-13(15-10-16)8-19-6-4-12(3)17/h10-11,13H,4-9H2,1-3H3,(H,15,16). The van der Waals surface area contributed by atoms with E-state index in [9.17, 15) is 14.4 Å². The maximum atomic E-state index is 11.4. The Morgan fingerprint density at radius 1 is 1.10 bits per heavy atom. The number of Topliss-reactive ketones (excluding diaryl/α,β-unsaturated/α-hetero) is 2. The molecule has 20 heavy (non-hydrogen) atoms. The highest BCUT2D eigenvalue weighted by atomic mass is 16.5. The highest BCUT2D eigenvalue weighted by Crippen LogP contribution is 1.99. The Morgan fingerprint density at radius 3 is 2.10 bits per heavy atom. The van der Waals surface area contributed by atoms with Crippen LogP contribution in [0.15, 0.2) is 0 Å². The lowest BCUT2D eigenvalue weighted by Gasteiger charge is -2.16. The Morgan fingerprint density at radius 2 is 1.65 bits per heavy atom. The molecule has 0 heterocycles. The molecule has 0 bridgehead atoms. The average Bonchev–Trinajstić information content (AvgIpc) is 2.38. The van der Waals surface area contributed by atoms with Gasteiger partial charge in [-0.05, 0) is 6.92 Å². The van der Waals surface area contributed by atoms with E-state index in [1.165, 1.54) is 6.92 Å². The molecule has 0 fully saturated rings. The van der Waals surface area contributed by atoms with Crippen LogP contribution < -0.4 is 5.32 Å². The van der Waals surface area contributed by atoms with Crippen LogP contribution >= 0.6 is 0 Å². The largest absolute Gasteiger partial charge is 0.379 e. The Hall–Kier alpha value is -1.27. The number of hydrogen-bond acceptors (Lipinski definition) is 5. The van der Waals surface area contributed by atoms with Crippen molar-refractivity contribution in [3.8, 4) is 0 Å². The smallest absolute Gasteiger partial charge is 0.207 e. The lowest BCUT2D eigenvalue weighted by atomic mass is 10.1. The molecule has 116 valence electrons. The van der Waals surface area contributed by atoms with E-state index in [0.29, 0.717) is 32.5 Å². The van der Waals surface area contributed by atoms with E-state index in [2.05, 4.69) is 5.32 Å². The Labute approximate surface area is 120 Å². The van der Waals surface area contributed by atoms with Crippen molar-refractivity contribution in [2.75, 3.05) is 26.4 Å². The number of carbonyl (C=O) groups excluding carboxylic acids is 3. The minimum atomic E-state index is -0.270. The topological polar surface area (TPSA) is 81.7 Å². The minimum absolute atomic E-state index is 0.0115. The summed E-state index contributed by atoms with van der Waals surface area (Å²) in [5.74, 6) is 0.230. The minimum Gasteiger partial charge on any atom is -0.379 e. The molecule has 1 atom stereocenters. The zero-order valence-electron chi connectivity index (χ0n) is 12.5. The molecule has 0 radical (unpaired) electrons. The third kappa shape index (κ3) is 10.6. The molecule has 0 aromatic rings. The summed E-state index contributed by atoms with van der Waals surface area (Å²) in [6.07, 6.45) is 1.32. The van der Waals surface area contributed by atoms with Crippen LogP contribution in [0, 0.1) is 5.92 Å². The van der Waals surface area contributed by atoms with E-state index in [1.807, 2.05) is 13.8 Å². The second kappa shape index (κ2) is 11.5. The second-order valence-electron chi connectivity index (χ2n) is 4.95. The number of hydrogen-bond donors (Lipinski definition) is 1. The summed E-state index contributed by atoms with van der Waals surface area (Å²) in [5.41, 5.74) is 0. The third-order valence-electron chi connectivity index (χ3n) is 2.68. The van der Waals surface area contributed by atoms with E-state index in [4.69, 9.17) is 9.47 Å². The maximum Gasteiger partial charge on any atom is 0.207 e. The summed E-state index contributed by atoms with van der Waals surface area (Å²) in [4.78, 5) is 32.6. The van der Waals surface area contributed by atoms with Gasteiger partial charge >= 0.3 is 0 Å². The molecule has 0 aliphatic carbocycles. The fourth-order valence-corrected chi connectivity index (χ4v) is 1.37. The van der Waals surface area contributed by atoms with Crippen LogP contribution in [0.4, 0.5) is 0 Å². The van der Waals surface area contributed by atoms with Gasteiger partial charge in [-0.1, -0.05) is 13.8 Å². The van der Waals surface area contributed by atoms with Crippen LogP contribution in [0.2, 0.25) is 0 Å². The van der Waals surface area contributed by atoms with Gasteiger partial charge in [-0.2, -0.15) is 0 Å². The van der Waals surface area contributed by atoms with Gasteiger partial charge in [0.2, 0.25) is 6.41 Å². The molecule has 0 aliphatic rings. The van der Waals surface area contributed by atoms with E-state index in [1.54, 1.807) is 0 Å². The molecule has 6 nitrogen and oxygen atoms in total. The van der Waals surface area contributed by atoms with Gasteiger partial charge in [-0.3, -0.25) is 14.4 Å². The van der Waals surface area contributed by atoms with Gasteiger partial charge in [-0.25, -0.2) is 0 Å². The van der Waals surface area contributed by atoms with Gasteiger partial charge in [0.25, 0.3) is 0 Å². The molecule has 0 saturated carbocycles. The van der Waals surface area contributed by atoms with Crippen molar-refractivity contribution < 1.29 is 23.9 Å². The van der Waals surface area contributed by atoms with Crippen molar-refractivity contribution >= 4 is 18.0 Å². The number of ketones is 2. The van der Waals surface area contributed by atoms with Crippen molar-refractivity contribution in [3.63, 3.8) is 0 Å². The molecule has 1 N–H and O–H groups in total. The quantitative estimate of drug-likeness (QED) is 0.399. The molecule has 0 aromatic heterocycles. The first-order chi connectivity index (χ1) is 9.47. The molecule has 1 unspecified atom stereocenters. The first-order valence-electron chi connectivity index (χ1n) is 6.84. The summed E-state index contributed by atoms with van der Waals surface area (Å²) in [7, 11) is 0. The Balaban J connectivity index is 3.76. The molecule has 0 rings (SSSR count). The van der Waals surface area contributed by atoms with Crippen molar-refractivity contribution in [2.24, 2.45) is 5.92 Å². The fourth-order valence-electron chi connectivity index (χ4n) is 1.37. The van der Waals surface area contributed by atoms with Crippen LogP contribution in [0.5, 0.6) is 0 Å².